The fraction of sp³-hybridized carbons (Fsp3) is 0.931. The molecule has 3 rings (SSSR count). The number of allylic oxidation sites excluding steroid dienone is 2. The molecule has 3 aliphatic carbocycles. The summed E-state index contributed by atoms with van der Waals surface area (Å²) >= 11 is 0. The minimum Gasteiger partial charge on any atom is -0.0848 e. The summed E-state index contributed by atoms with van der Waals surface area (Å²) in [6.07, 6.45) is 17.2. The molecule has 0 radical (unpaired) electrons. The maximum Gasteiger partial charge on any atom is -0.00880 e. The summed E-state index contributed by atoms with van der Waals surface area (Å²) < 4.78 is 0. The fourth-order valence-corrected chi connectivity index (χ4v) is 8.24. The van der Waals surface area contributed by atoms with Gasteiger partial charge in [-0.15, -0.1) is 0 Å². The van der Waals surface area contributed by atoms with Gasteiger partial charge in [0.05, 0.1) is 0 Å². The van der Waals surface area contributed by atoms with E-state index in [0.717, 1.165) is 41.4 Å². The van der Waals surface area contributed by atoms with Crippen LogP contribution < -0.4 is 0 Å². The lowest BCUT2D eigenvalue weighted by Crippen LogP contribution is -2.49. The van der Waals surface area contributed by atoms with Crippen LogP contribution in [0.4, 0.5) is 0 Å². The van der Waals surface area contributed by atoms with E-state index in [2.05, 4.69) is 61.5 Å². The van der Waals surface area contributed by atoms with Gasteiger partial charge in [-0.25, -0.2) is 0 Å². The first-order valence-electron chi connectivity index (χ1n) is 13.3. The van der Waals surface area contributed by atoms with E-state index in [-0.39, 0.29) is 0 Å². The van der Waals surface area contributed by atoms with Crippen LogP contribution in [-0.2, 0) is 0 Å². The first kappa shape index (κ1) is 23.4. The van der Waals surface area contributed by atoms with E-state index in [9.17, 15) is 0 Å². The average Bonchev–Trinajstić information content (AvgIpc) is 3.00. The van der Waals surface area contributed by atoms with E-state index >= 15 is 0 Å². The Bertz CT molecular complexity index is 569. The van der Waals surface area contributed by atoms with E-state index in [1.807, 2.05) is 0 Å². The number of hydrogen-bond donors (Lipinski definition) is 0. The zero-order chi connectivity index (χ0) is 21.4. The highest BCUT2D eigenvalue weighted by Gasteiger charge is 2.58. The van der Waals surface area contributed by atoms with Gasteiger partial charge in [-0.05, 0) is 97.7 Å². The molecule has 0 amide bonds. The highest BCUT2D eigenvalue weighted by atomic mass is 14.6. The minimum absolute atomic E-state index is 0.468. The maximum absolute atomic E-state index is 2.72. The lowest BCUT2D eigenvalue weighted by Gasteiger charge is -2.57. The molecule has 0 aromatic rings. The van der Waals surface area contributed by atoms with Crippen LogP contribution in [0.25, 0.3) is 0 Å². The first-order valence-corrected chi connectivity index (χ1v) is 13.3. The van der Waals surface area contributed by atoms with Crippen molar-refractivity contribution in [3.8, 4) is 0 Å². The summed E-state index contributed by atoms with van der Waals surface area (Å²) in [7, 11) is 0. The summed E-state index contributed by atoms with van der Waals surface area (Å²) in [4.78, 5) is 0. The monoisotopic (exact) mass is 400 g/mol. The van der Waals surface area contributed by atoms with Gasteiger partial charge in [0.2, 0.25) is 0 Å². The second-order valence-electron chi connectivity index (χ2n) is 12.9. The molecule has 3 aliphatic rings. The smallest absolute Gasteiger partial charge is 0.00880 e. The predicted molar refractivity (Wildman–Crippen MR) is 129 cm³/mol. The van der Waals surface area contributed by atoms with Crippen LogP contribution in [0.5, 0.6) is 0 Å². The Morgan fingerprint density at radius 1 is 0.897 bits per heavy atom. The Labute approximate surface area is 183 Å². The molecular weight excluding hydrogens is 348 g/mol. The van der Waals surface area contributed by atoms with E-state index in [4.69, 9.17) is 0 Å². The molecule has 0 aromatic heterocycles. The Balaban J connectivity index is 1.73. The third-order valence-electron chi connectivity index (χ3n) is 10.3. The molecule has 7 unspecified atom stereocenters. The number of rotatable bonds is 8. The molecule has 0 aromatic carbocycles. The summed E-state index contributed by atoms with van der Waals surface area (Å²) in [5, 5.41) is 0. The number of fused-ring (bicyclic) bond motifs is 3. The van der Waals surface area contributed by atoms with Crippen molar-refractivity contribution in [2.45, 2.75) is 120 Å². The van der Waals surface area contributed by atoms with Gasteiger partial charge in [-0.1, -0.05) is 85.8 Å². The second kappa shape index (κ2) is 9.08. The SMILES string of the molecule is CC1=CCC2C(CCC3(C)C(C(C)CCCC(C)C)CCC23)C1(C)CCC(C)C. The molecule has 29 heavy (non-hydrogen) atoms. The minimum atomic E-state index is 0.468. The van der Waals surface area contributed by atoms with E-state index < -0.39 is 0 Å². The van der Waals surface area contributed by atoms with Crippen molar-refractivity contribution in [3.63, 3.8) is 0 Å². The van der Waals surface area contributed by atoms with Gasteiger partial charge < -0.3 is 0 Å². The van der Waals surface area contributed by atoms with Crippen LogP contribution in [0.2, 0.25) is 0 Å². The molecule has 0 heterocycles. The summed E-state index contributed by atoms with van der Waals surface area (Å²) in [5.74, 6) is 6.49. The molecule has 7 atom stereocenters. The van der Waals surface area contributed by atoms with Gasteiger partial charge in [0.15, 0.2) is 0 Å². The predicted octanol–water partition coefficient (Wildman–Crippen LogP) is 9.30. The highest BCUT2D eigenvalue weighted by molar-refractivity contribution is 5.21. The summed E-state index contributed by atoms with van der Waals surface area (Å²) in [6, 6.07) is 0. The van der Waals surface area contributed by atoms with Crippen LogP contribution in [0.3, 0.4) is 0 Å². The average molecular weight is 401 g/mol. The molecule has 2 fully saturated rings. The van der Waals surface area contributed by atoms with Crippen molar-refractivity contribution in [2.24, 2.45) is 52.3 Å². The van der Waals surface area contributed by atoms with E-state index in [1.165, 1.54) is 64.2 Å². The Hall–Kier alpha value is -0.260. The first-order chi connectivity index (χ1) is 13.6. The van der Waals surface area contributed by atoms with Crippen molar-refractivity contribution in [2.75, 3.05) is 0 Å². The normalized spacial score (nSPS) is 40.7. The van der Waals surface area contributed by atoms with Crippen molar-refractivity contribution >= 4 is 0 Å². The highest BCUT2D eigenvalue weighted by Crippen LogP contribution is 2.66. The molecule has 0 saturated heterocycles. The third-order valence-corrected chi connectivity index (χ3v) is 10.3. The standard InChI is InChI=1S/C29H52/c1-20(2)10-9-11-22(5)25-14-15-26-24-13-12-23(6)28(7,18-16-21(3)4)27(24)17-19-29(25,26)8/h12,20-22,24-27H,9-11,13-19H2,1-8H3. The van der Waals surface area contributed by atoms with E-state index in [0.29, 0.717) is 10.8 Å². The zero-order valence-electron chi connectivity index (χ0n) is 21.2. The third kappa shape index (κ3) is 4.52. The number of hydrogen-bond acceptors (Lipinski definition) is 0. The van der Waals surface area contributed by atoms with Gasteiger partial charge in [0, 0.05) is 0 Å². The molecule has 0 bridgehead atoms. The lowest BCUT2D eigenvalue weighted by atomic mass is 9.48. The van der Waals surface area contributed by atoms with Crippen LogP contribution in [-0.4, -0.2) is 0 Å². The molecule has 0 N–H and O–H groups in total. The van der Waals surface area contributed by atoms with Gasteiger partial charge in [0.25, 0.3) is 0 Å². The van der Waals surface area contributed by atoms with Crippen molar-refractivity contribution in [3.05, 3.63) is 11.6 Å². The van der Waals surface area contributed by atoms with Crippen LogP contribution in [0, 0.1) is 52.3 Å². The zero-order valence-corrected chi connectivity index (χ0v) is 21.2. The van der Waals surface area contributed by atoms with Gasteiger partial charge in [-0.2, -0.15) is 0 Å². The summed E-state index contributed by atoms with van der Waals surface area (Å²) in [6.45, 7) is 20.0. The van der Waals surface area contributed by atoms with E-state index in [1.54, 1.807) is 5.57 Å². The molecular formula is C29H52. The topological polar surface area (TPSA) is 0 Å². The summed E-state index contributed by atoms with van der Waals surface area (Å²) in [5.41, 5.74) is 2.81. The lowest BCUT2D eigenvalue weighted by molar-refractivity contribution is -0.0467. The Morgan fingerprint density at radius 3 is 2.24 bits per heavy atom. The molecule has 168 valence electrons. The molecule has 0 aliphatic heterocycles. The quantitative estimate of drug-likeness (QED) is 0.356. The van der Waals surface area contributed by atoms with Crippen molar-refractivity contribution in [1.82, 2.24) is 0 Å². The Morgan fingerprint density at radius 2 is 1.59 bits per heavy atom. The van der Waals surface area contributed by atoms with Gasteiger partial charge in [0.1, 0.15) is 0 Å². The second-order valence-corrected chi connectivity index (χ2v) is 12.9. The van der Waals surface area contributed by atoms with Crippen molar-refractivity contribution < 1.29 is 0 Å². The van der Waals surface area contributed by atoms with Gasteiger partial charge in [-0.3, -0.25) is 0 Å². The maximum atomic E-state index is 2.72. The largest absolute Gasteiger partial charge is 0.0848 e. The van der Waals surface area contributed by atoms with Crippen LogP contribution in [0.1, 0.15) is 120 Å². The molecule has 2 saturated carbocycles. The molecule has 0 spiro atoms. The van der Waals surface area contributed by atoms with Crippen molar-refractivity contribution in [1.29, 1.82) is 0 Å². The van der Waals surface area contributed by atoms with Gasteiger partial charge >= 0.3 is 0 Å². The molecule has 0 heteroatoms. The molecule has 0 nitrogen and oxygen atoms in total. The fourth-order valence-electron chi connectivity index (χ4n) is 8.24. The van der Waals surface area contributed by atoms with Crippen LogP contribution >= 0.6 is 0 Å². The van der Waals surface area contributed by atoms with Crippen LogP contribution in [0.15, 0.2) is 11.6 Å². The Kier molecular flexibility index (Phi) is 7.33.